The van der Waals surface area contributed by atoms with Gasteiger partial charge < -0.3 is 5.73 Å². The third kappa shape index (κ3) is 2.89. The fraction of sp³-hybridized carbons (Fsp3) is 0.143. The van der Waals surface area contributed by atoms with Gasteiger partial charge in [-0.2, -0.15) is 0 Å². The summed E-state index contributed by atoms with van der Waals surface area (Å²) in [5.74, 6) is 0. The standard InChI is InChI=1S/C14H13BrClN/c1-9-4-2-3-5-13(9)14(17)10-6-11(15)8-12(16)7-10/h2-8,14H,17H2,1H3. The van der Waals surface area contributed by atoms with Crippen LogP contribution in [0.4, 0.5) is 0 Å². The molecular formula is C14H13BrClN. The zero-order chi connectivity index (χ0) is 12.4. The number of rotatable bonds is 2. The lowest BCUT2D eigenvalue weighted by atomic mass is 9.96. The molecule has 3 heteroatoms. The molecule has 0 spiro atoms. The van der Waals surface area contributed by atoms with Crippen molar-refractivity contribution in [1.82, 2.24) is 0 Å². The van der Waals surface area contributed by atoms with Crippen LogP contribution in [0.3, 0.4) is 0 Å². The summed E-state index contributed by atoms with van der Waals surface area (Å²) >= 11 is 9.47. The first-order valence-corrected chi connectivity index (χ1v) is 6.52. The van der Waals surface area contributed by atoms with Crippen molar-refractivity contribution in [2.24, 2.45) is 5.73 Å². The molecule has 0 aromatic heterocycles. The molecule has 17 heavy (non-hydrogen) atoms. The summed E-state index contributed by atoms with van der Waals surface area (Å²) < 4.78 is 0.948. The maximum Gasteiger partial charge on any atom is 0.0555 e. The van der Waals surface area contributed by atoms with E-state index in [0.29, 0.717) is 5.02 Å². The van der Waals surface area contributed by atoms with E-state index >= 15 is 0 Å². The Hall–Kier alpha value is -0.830. The Labute approximate surface area is 115 Å². The predicted octanol–water partition coefficient (Wildman–Crippen LogP) is 4.46. The largest absolute Gasteiger partial charge is 0.320 e. The van der Waals surface area contributed by atoms with Gasteiger partial charge in [0.25, 0.3) is 0 Å². The number of benzene rings is 2. The number of aryl methyl sites for hydroxylation is 1. The van der Waals surface area contributed by atoms with E-state index in [9.17, 15) is 0 Å². The van der Waals surface area contributed by atoms with Crippen LogP contribution in [0.15, 0.2) is 46.9 Å². The molecular weight excluding hydrogens is 298 g/mol. The Morgan fingerprint density at radius 2 is 1.88 bits per heavy atom. The monoisotopic (exact) mass is 309 g/mol. The third-order valence-electron chi connectivity index (χ3n) is 2.77. The highest BCUT2D eigenvalue weighted by atomic mass is 79.9. The number of hydrogen-bond donors (Lipinski definition) is 1. The molecule has 0 fully saturated rings. The maximum absolute atomic E-state index is 6.28. The zero-order valence-electron chi connectivity index (χ0n) is 9.45. The minimum atomic E-state index is -0.147. The van der Waals surface area contributed by atoms with Gasteiger partial charge in [-0.05, 0) is 41.8 Å². The van der Waals surface area contributed by atoms with Gasteiger partial charge in [0.2, 0.25) is 0 Å². The second kappa shape index (κ2) is 5.21. The molecule has 1 unspecified atom stereocenters. The Morgan fingerprint density at radius 3 is 2.53 bits per heavy atom. The minimum Gasteiger partial charge on any atom is -0.320 e. The van der Waals surface area contributed by atoms with Gasteiger partial charge in [0.1, 0.15) is 0 Å². The van der Waals surface area contributed by atoms with E-state index in [-0.39, 0.29) is 6.04 Å². The molecule has 0 saturated heterocycles. The van der Waals surface area contributed by atoms with Crippen molar-refractivity contribution >= 4 is 27.5 Å². The minimum absolute atomic E-state index is 0.147. The van der Waals surface area contributed by atoms with Crippen molar-refractivity contribution in [2.75, 3.05) is 0 Å². The normalized spacial score (nSPS) is 12.5. The first-order valence-electron chi connectivity index (χ1n) is 5.35. The summed E-state index contributed by atoms with van der Waals surface area (Å²) in [5.41, 5.74) is 9.61. The first-order chi connectivity index (χ1) is 8.08. The van der Waals surface area contributed by atoms with Gasteiger partial charge >= 0.3 is 0 Å². The Balaban J connectivity index is 2.43. The molecule has 1 nitrogen and oxygen atoms in total. The Morgan fingerprint density at radius 1 is 1.18 bits per heavy atom. The van der Waals surface area contributed by atoms with E-state index in [1.807, 2.05) is 30.3 Å². The average molecular weight is 311 g/mol. The highest BCUT2D eigenvalue weighted by Crippen LogP contribution is 2.27. The fourth-order valence-electron chi connectivity index (χ4n) is 1.87. The summed E-state index contributed by atoms with van der Waals surface area (Å²) in [6.45, 7) is 2.06. The third-order valence-corrected chi connectivity index (χ3v) is 3.44. The summed E-state index contributed by atoms with van der Waals surface area (Å²) in [6.07, 6.45) is 0. The van der Waals surface area contributed by atoms with Crippen LogP contribution in [0.2, 0.25) is 5.02 Å². The lowest BCUT2D eigenvalue weighted by molar-refractivity contribution is 0.861. The molecule has 1 atom stereocenters. The molecule has 0 heterocycles. The number of halogens is 2. The second-order valence-electron chi connectivity index (χ2n) is 4.04. The zero-order valence-corrected chi connectivity index (χ0v) is 11.8. The van der Waals surface area contributed by atoms with Gasteiger partial charge in [0.05, 0.1) is 6.04 Å². The second-order valence-corrected chi connectivity index (χ2v) is 5.39. The van der Waals surface area contributed by atoms with Gasteiger partial charge in [0.15, 0.2) is 0 Å². The molecule has 0 aliphatic rings. The van der Waals surface area contributed by atoms with E-state index in [0.717, 1.165) is 15.6 Å². The van der Waals surface area contributed by atoms with E-state index in [4.69, 9.17) is 17.3 Å². The highest BCUT2D eigenvalue weighted by molar-refractivity contribution is 9.10. The molecule has 0 amide bonds. The SMILES string of the molecule is Cc1ccccc1C(N)c1cc(Cl)cc(Br)c1. The topological polar surface area (TPSA) is 26.0 Å². The van der Waals surface area contributed by atoms with Gasteiger partial charge in [0, 0.05) is 9.50 Å². The molecule has 0 bridgehead atoms. The summed E-state index contributed by atoms with van der Waals surface area (Å²) in [4.78, 5) is 0. The van der Waals surface area contributed by atoms with E-state index < -0.39 is 0 Å². The van der Waals surface area contributed by atoms with E-state index in [2.05, 4.69) is 35.0 Å². The lowest BCUT2D eigenvalue weighted by Gasteiger charge is -2.15. The smallest absolute Gasteiger partial charge is 0.0555 e. The lowest BCUT2D eigenvalue weighted by Crippen LogP contribution is -2.13. The molecule has 0 aliphatic heterocycles. The van der Waals surface area contributed by atoms with Crippen LogP contribution in [0.25, 0.3) is 0 Å². The van der Waals surface area contributed by atoms with Gasteiger partial charge in [-0.15, -0.1) is 0 Å². The highest BCUT2D eigenvalue weighted by Gasteiger charge is 2.12. The first kappa shape index (κ1) is 12.6. The molecule has 2 aromatic rings. The van der Waals surface area contributed by atoms with Crippen molar-refractivity contribution in [1.29, 1.82) is 0 Å². The van der Waals surface area contributed by atoms with Gasteiger partial charge in [-0.25, -0.2) is 0 Å². The number of nitrogens with two attached hydrogens (primary N) is 1. The molecule has 0 radical (unpaired) electrons. The molecule has 2 rings (SSSR count). The van der Waals surface area contributed by atoms with Crippen LogP contribution in [-0.2, 0) is 0 Å². The van der Waals surface area contributed by atoms with E-state index in [1.54, 1.807) is 0 Å². The van der Waals surface area contributed by atoms with Crippen LogP contribution in [0.5, 0.6) is 0 Å². The molecule has 2 N–H and O–H groups in total. The number of hydrogen-bond acceptors (Lipinski definition) is 1. The van der Waals surface area contributed by atoms with Gasteiger partial charge in [-0.3, -0.25) is 0 Å². The van der Waals surface area contributed by atoms with Crippen LogP contribution in [-0.4, -0.2) is 0 Å². The van der Waals surface area contributed by atoms with Crippen LogP contribution >= 0.6 is 27.5 Å². The van der Waals surface area contributed by atoms with Crippen LogP contribution in [0, 0.1) is 6.92 Å². The van der Waals surface area contributed by atoms with Crippen LogP contribution < -0.4 is 5.73 Å². The Bertz CT molecular complexity index is 519. The molecule has 0 aliphatic carbocycles. The van der Waals surface area contributed by atoms with Crippen molar-refractivity contribution in [3.05, 3.63) is 68.7 Å². The van der Waals surface area contributed by atoms with Crippen molar-refractivity contribution in [3.63, 3.8) is 0 Å². The average Bonchev–Trinajstić information content (AvgIpc) is 2.27. The summed E-state index contributed by atoms with van der Waals surface area (Å²) in [7, 11) is 0. The van der Waals surface area contributed by atoms with Crippen molar-refractivity contribution < 1.29 is 0 Å². The fourth-order valence-corrected chi connectivity index (χ4v) is 2.76. The summed E-state index contributed by atoms with van der Waals surface area (Å²) in [5, 5.41) is 0.693. The molecule has 2 aromatic carbocycles. The molecule has 0 saturated carbocycles. The van der Waals surface area contributed by atoms with Gasteiger partial charge in [-0.1, -0.05) is 51.8 Å². The Kier molecular flexibility index (Phi) is 3.87. The quantitative estimate of drug-likeness (QED) is 0.871. The summed E-state index contributed by atoms with van der Waals surface area (Å²) in [6, 6.07) is 13.7. The maximum atomic E-state index is 6.28. The van der Waals surface area contributed by atoms with Crippen molar-refractivity contribution in [3.8, 4) is 0 Å². The van der Waals surface area contributed by atoms with Crippen molar-refractivity contribution in [2.45, 2.75) is 13.0 Å². The molecule has 88 valence electrons. The van der Waals surface area contributed by atoms with E-state index in [1.165, 1.54) is 5.56 Å². The predicted molar refractivity (Wildman–Crippen MR) is 76.4 cm³/mol. The van der Waals surface area contributed by atoms with Crippen LogP contribution in [0.1, 0.15) is 22.7 Å².